The van der Waals surface area contributed by atoms with Crippen molar-refractivity contribution >= 4 is 58.0 Å². The SMILES string of the molecule is CCC(=O)Nc1c(C(=O)c2cc(N)ccn2)[nH]c2cc(Cl)ccc12.Cl. The highest BCUT2D eigenvalue weighted by Gasteiger charge is 2.21. The number of halogens is 2. The number of aromatic nitrogens is 2. The second-order valence-electron chi connectivity index (χ2n) is 5.27. The van der Waals surface area contributed by atoms with E-state index in [2.05, 4.69) is 15.3 Å². The zero-order valence-electron chi connectivity index (χ0n) is 13.3. The van der Waals surface area contributed by atoms with Gasteiger partial charge in [0.1, 0.15) is 11.4 Å². The number of anilines is 2. The van der Waals surface area contributed by atoms with Crippen LogP contribution in [0.5, 0.6) is 0 Å². The third-order valence-corrected chi connectivity index (χ3v) is 3.82. The molecule has 0 fully saturated rings. The Morgan fingerprint density at radius 2 is 2.04 bits per heavy atom. The topological polar surface area (TPSA) is 101 Å². The molecule has 130 valence electrons. The molecule has 2 aromatic heterocycles. The summed E-state index contributed by atoms with van der Waals surface area (Å²) in [5.74, 6) is -0.554. The minimum Gasteiger partial charge on any atom is -0.399 e. The Labute approximate surface area is 155 Å². The molecule has 3 rings (SSSR count). The molecule has 25 heavy (non-hydrogen) atoms. The summed E-state index contributed by atoms with van der Waals surface area (Å²) < 4.78 is 0. The standard InChI is InChI=1S/C17H15ClN4O2.ClH/c1-2-14(23)22-15-11-4-3-9(18)7-12(11)21-16(15)17(24)13-8-10(19)5-6-20-13;/h3-8,21H,2H2,1H3,(H2,19,20)(H,22,23);1H. The van der Waals surface area contributed by atoms with Gasteiger partial charge in [0.05, 0.1) is 5.69 Å². The van der Waals surface area contributed by atoms with Gasteiger partial charge in [-0.25, -0.2) is 0 Å². The molecule has 0 spiro atoms. The minimum atomic E-state index is -0.360. The normalized spacial score (nSPS) is 10.3. The van der Waals surface area contributed by atoms with E-state index >= 15 is 0 Å². The number of aromatic amines is 1. The van der Waals surface area contributed by atoms with Crippen molar-refractivity contribution in [2.75, 3.05) is 11.1 Å². The van der Waals surface area contributed by atoms with Gasteiger partial charge in [0.2, 0.25) is 11.7 Å². The van der Waals surface area contributed by atoms with Gasteiger partial charge in [-0.1, -0.05) is 18.5 Å². The van der Waals surface area contributed by atoms with E-state index in [0.717, 1.165) is 0 Å². The van der Waals surface area contributed by atoms with Crippen molar-refractivity contribution in [3.63, 3.8) is 0 Å². The highest BCUT2D eigenvalue weighted by Crippen LogP contribution is 2.31. The Bertz CT molecular complexity index is 953. The number of rotatable bonds is 4. The molecule has 0 aliphatic carbocycles. The Morgan fingerprint density at radius 3 is 2.72 bits per heavy atom. The number of benzene rings is 1. The second kappa shape index (κ2) is 7.55. The number of nitrogen functional groups attached to an aromatic ring is 1. The Morgan fingerprint density at radius 1 is 1.28 bits per heavy atom. The molecule has 8 heteroatoms. The minimum absolute atomic E-state index is 0. The number of hydrogen-bond donors (Lipinski definition) is 3. The van der Waals surface area contributed by atoms with Crippen LogP contribution in [0.4, 0.5) is 11.4 Å². The first-order chi connectivity index (χ1) is 11.5. The average molecular weight is 379 g/mol. The lowest BCUT2D eigenvalue weighted by Gasteiger charge is -2.06. The van der Waals surface area contributed by atoms with Crippen LogP contribution < -0.4 is 11.1 Å². The van der Waals surface area contributed by atoms with Gasteiger partial charge in [-0.3, -0.25) is 14.6 Å². The zero-order valence-corrected chi connectivity index (χ0v) is 14.9. The fourth-order valence-corrected chi connectivity index (χ4v) is 2.57. The number of fused-ring (bicyclic) bond motifs is 1. The van der Waals surface area contributed by atoms with Gasteiger partial charge < -0.3 is 16.0 Å². The van der Waals surface area contributed by atoms with Gasteiger partial charge >= 0.3 is 0 Å². The van der Waals surface area contributed by atoms with Crippen LogP contribution in [0.15, 0.2) is 36.5 Å². The average Bonchev–Trinajstić information content (AvgIpc) is 2.91. The lowest BCUT2D eigenvalue weighted by Crippen LogP contribution is -2.14. The molecule has 0 aliphatic heterocycles. The molecule has 3 aromatic rings. The molecule has 4 N–H and O–H groups in total. The molecule has 0 atom stereocenters. The number of nitrogens with one attached hydrogen (secondary N) is 2. The Balaban J connectivity index is 0.00000225. The van der Waals surface area contributed by atoms with Crippen molar-refractivity contribution in [3.05, 3.63) is 52.9 Å². The van der Waals surface area contributed by atoms with E-state index in [0.29, 0.717) is 33.7 Å². The van der Waals surface area contributed by atoms with Crippen LogP contribution >= 0.6 is 24.0 Å². The highest BCUT2D eigenvalue weighted by atomic mass is 35.5. The van der Waals surface area contributed by atoms with E-state index in [-0.39, 0.29) is 35.5 Å². The molecule has 0 saturated carbocycles. The predicted octanol–water partition coefficient (Wildman–Crippen LogP) is 3.80. The number of pyridine rings is 1. The summed E-state index contributed by atoms with van der Waals surface area (Å²) in [6, 6.07) is 8.24. The maximum Gasteiger partial charge on any atom is 0.229 e. The van der Waals surface area contributed by atoms with Gasteiger partial charge in [0.25, 0.3) is 0 Å². The molecule has 2 heterocycles. The first-order valence-electron chi connectivity index (χ1n) is 7.37. The number of carbonyl (C=O) groups is 2. The number of nitrogens with zero attached hydrogens (tertiary/aromatic N) is 1. The van der Waals surface area contributed by atoms with Crippen LogP contribution in [0.1, 0.15) is 29.5 Å². The summed E-state index contributed by atoms with van der Waals surface area (Å²) in [4.78, 5) is 31.7. The van der Waals surface area contributed by atoms with Crippen LogP contribution in [-0.4, -0.2) is 21.7 Å². The zero-order chi connectivity index (χ0) is 17.3. The van der Waals surface area contributed by atoms with Gasteiger partial charge in [0.15, 0.2) is 0 Å². The van der Waals surface area contributed by atoms with Crippen molar-refractivity contribution in [1.82, 2.24) is 9.97 Å². The summed E-state index contributed by atoms with van der Waals surface area (Å²) in [7, 11) is 0. The van der Waals surface area contributed by atoms with E-state index in [9.17, 15) is 9.59 Å². The first-order valence-corrected chi connectivity index (χ1v) is 7.74. The molecule has 0 bridgehead atoms. The van der Waals surface area contributed by atoms with Crippen molar-refractivity contribution in [3.8, 4) is 0 Å². The van der Waals surface area contributed by atoms with E-state index in [1.54, 1.807) is 31.2 Å². The lowest BCUT2D eigenvalue weighted by molar-refractivity contribution is -0.115. The third kappa shape index (κ3) is 3.75. The number of nitrogens with two attached hydrogens (primary N) is 1. The third-order valence-electron chi connectivity index (χ3n) is 3.59. The molecule has 0 saturated heterocycles. The van der Waals surface area contributed by atoms with E-state index in [1.165, 1.54) is 12.3 Å². The Hall–Kier alpha value is -2.57. The van der Waals surface area contributed by atoms with Gasteiger partial charge in [-0.15, -0.1) is 12.4 Å². The van der Waals surface area contributed by atoms with Crippen LogP contribution in [0.3, 0.4) is 0 Å². The monoisotopic (exact) mass is 378 g/mol. The summed E-state index contributed by atoms with van der Waals surface area (Å²) in [5.41, 5.74) is 7.67. The lowest BCUT2D eigenvalue weighted by atomic mass is 10.1. The Kier molecular flexibility index (Phi) is 5.66. The highest BCUT2D eigenvalue weighted by molar-refractivity contribution is 6.31. The fraction of sp³-hybridized carbons (Fsp3) is 0.118. The summed E-state index contributed by atoms with van der Waals surface area (Å²) in [6.07, 6.45) is 1.76. The van der Waals surface area contributed by atoms with Gasteiger partial charge in [-0.05, 0) is 30.3 Å². The molecule has 0 radical (unpaired) electrons. The van der Waals surface area contributed by atoms with Crippen molar-refractivity contribution in [1.29, 1.82) is 0 Å². The van der Waals surface area contributed by atoms with Crippen molar-refractivity contribution < 1.29 is 9.59 Å². The fourth-order valence-electron chi connectivity index (χ4n) is 2.40. The van der Waals surface area contributed by atoms with Crippen LogP contribution in [0.25, 0.3) is 10.9 Å². The molecular weight excluding hydrogens is 363 g/mol. The van der Waals surface area contributed by atoms with Crippen molar-refractivity contribution in [2.24, 2.45) is 0 Å². The van der Waals surface area contributed by atoms with E-state index in [1.807, 2.05) is 0 Å². The van der Waals surface area contributed by atoms with E-state index in [4.69, 9.17) is 17.3 Å². The number of amides is 1. The van der Waals surface area contributed by atoms with Gasteiger partial charge in [-0.2, -0.15) is 0 Å². The summed E-state index contributed by atoms with van der Waals surface area (Å²) >= 11 is 6.01. The van der Waals surface area contributed by atoms with Crippen molar-refractivity contribution in [2.45, 2.75) is 13.3 Å². The quantitative estimate of drug-likeness (QED) is 0.600. The molecular formula is C17H16Cl2N4O2. The number of ketones is 1. The maximum absolute atomic E-state index is 12.8. The molecule has 6 nitrogen and oxygen atoms in total. The molecule has 0 unspecified atom stereocenters. The molecule has 0 aliphatic rings. The van der Waals surface area contributed by atoms with Crippen LogP contribution in [0, 0.1) is 0 Å². The van der Waals surface area contributed by atoms with E-state index < -0.39 is 0 Å². The molecule has 1 aromatic carbocycles. The largest absolute Gasteiger partial charge is 0.399 e. The number of H-pyrrole nitrogens is 1. The van der Waals surface area contributed by atoms with Gasteiger partial charge in [0, 0.05) is 34.2 Å². The smallest absolute Gasteiger partial charge is 0.229 e. The summed E-state index contributed by atoms with van der Waals surface area (Å²) in [5, 5.41) is 4.00. The van der Waals surface area contributed by atoms with Crippen LogP contribution in [-0.2, 0) is 4.79 Å². The maximum atomic E-state index is 12.8. The molecule has 1 amide bonds. The van der Waals surface area contributed by atoms with Crippen LogP contribution in [0.2, 0.25) is 5.02 Å². The predicted molar refractivity (Wildman–Crippen MR) is 102 cm³/mol. The number of hydrogen-bond acceptors (Lipinski definition) is 4. The number of carbonyl (C=O) groups excluding carboxylic acids is 2. The first kappa shape index (κ1) is 18.8. The summed E-state index contributed by atoms with van der Waals surface area (Å²) in [6.45, 7) is 1.74. The second-order valence-corrected chi connectivity index (χ2v) is 5.71.